The molecule has 2 saturated heterocycles. The number of hydrogen-bond donors (Lipinski definition) is 0. The van der Waals surface area contributed by atoms with E-state index in [2.05, 4.69) is 29.2 Å². The fourth-order valence-electron chi connectivity index (χ4n) is 5.26. The summed E-state index contributed by atoms with van der Waals surface area (Å²) >= 11 is 0. The normalized spacial score (nSPS) is 18.5. The molecule has 38 heavy (non-hydrogen) atoms. The molecule has 0 radical (unpaired) electrons. The Kier molecular flexibility index (Phi) is 7.75. The monoisotopic (exact) mass is 510 g/mol. The van der Waals surface area contributed by atoms with Gasteiger partial charge in [-0.25, -0.2) is 9.69 Å². The largest absolute Gasteiger partial charge is 0.454 e. The Morgan fingerprint density at radius 2 is 1.42 bits per heavy atom. The average molecular weight is 511 g/mol. The van der Waals surface area contributed by atoms with E-state index in [9.17, 15) is 19.2 Å². The number of rotatable bonds is 8. The van der Waals surface area contributed by atoms with Crippen molar-refractivity contribution in [1.82, 2.24) is 4.90 Å². The summed E-state index contributed by atoms with van der Waals surface area (Å²) in [5.41, 5.74) is 2.47. The quantitative estimate of drug-likeness (QED) is 0.255. The molecule has 2 fully saturated rings. The van der Waals surface area contributed by atoms with Crippen LogP contribution in [0.5, 0.6) is 0 Å². The van der Waals surface area contributed by atoms with Gasteiger partial charge in [-0.2, -0.15) is 0 Å². The molecular formula is C31H30N2O5. The van der Waals surface area contributed by atoms with Crippen LogP contribution < -0.4 is 4.90 Å². The molecule has 1 unspecified atom stereocenters. The van der Waals surface area contributed by atoms with Crippen LogP contribution in [0.25, 0.3) is 0 Å². The maximum Gasteiger partial charge on any atom is 0.338 e. The first-order valence-electron chi connectivity index (χ1n) is 13.0. The van der Waals surface area contributed by atoms with E-state index in [1.807, 2.05) is 6.07 Å². The Morgan fingerprint density at radius 3 is 2.08 bits per heavy atom. The summed E-state index contributed by atoms with van der Waals surface area (Å²) in [5, 5.41) is 0. The number of amides is 2. The number of piperidine rings is 1. The van der Waals surface area contributed by atoms with Gasteiger partial charge in [0.15, 0.2) is 12.4 Å². The number of carbonyl (C=O) groups excluding carboxylic acids is 4. The van der Waals surface area contributed by atoms with E-state index in [0.717, 1.165) is 32.4 Å². The van der Waals surface area contributed by atoms with Crippen molar-refractivity contribution in [3.05, 3.63) is 102 Å². The maximum absolute atomic E-state index is 13.3. The van der Waals surface area contributed by atoms with Crippen LogP contribution in [0.1, 0.15) is 45.5 Å². The van der Waals surface area contributed by atoms with Crippen molar-refractivity contribution in [3.8, 4) is 0 Å². The van der Waals surface area contributed by atoms with Crippen LogP contribution in [0, 0.1) is 5.92 Å². The number of Topliss-reactive ketones (excluding diaryl/α,β-unsaturated/α-hetero) is 1. The number of hydrogen-bond acceptors (Lipinski definition) is 6. The minimum atomic E-state index is -0.642. The summed E-state index contributed by atoms with van der Waals surface area (Å²) in [4.78, 5) is 54.0. The van der Waals surface area contributed by atoms with Crippen LogP contribution in [-0.4, -0.2) is 54.2 Å². The first-order chi connectivity index (χ1) is 18.5. The molecule has 2 heterocycles. The zero-order valence-electron chi connectivity index (χ0n) is 21.1. The second kappa shape index (κ2) is 11.5. The second-order valence-corrected chi connectivity index (χ2v) is 9.87. The van der Waals surface area contributed by atoms with E-state index in [1.165, 1.54) is 22.6 Å². The molecule has 2 amide bonds. The summed E-state index contributed by atoms with van der Waals surface area (Å²) < 4.78 is 5.15. The van der Waals surface area contributed by atoms with Crippen LogP contribution in [0.15, 0.2) is 84.9 Å². The third-order valence-electron chi connectivity index (χ3n) is 7.37. The van der Waals surface area contributed by atoms with Gasteiger partial charge in [-0.15, -0.1) is 0 Å². The zero-order valence-corrected chi connectivity index (χ0v) is 21.1. The minimum absolute atomic E-state index is 0.160. The lowest BCUT2D eigenvalue weighted by Gasteiger charge is -2.34. The van der Waals surface area contributed by atoms with Gasteiger partial charge in [-0.05, 0) is 68.1 Å². The van der Waals surface area contributed by atoms with Gasteiger partial charge >= 0.3 is 5.97 Å². The minimum Gasteiger partial charge on any atom is -0.454 e. The number of nitrogens with zero attached hydrogens (tertiary/aromatic N) is 2. The number of carbonyl (C=O) groups is 4. The first-order valence-corrected chi connectivity index (χ1v) is 13.0. The Hall–Kier alpha value is -4.10. The average Bonchev–Trinajstić information content (AvgIpc) is 3.26. The highest BCUT2D eigenvalue weighted by Gasteiger charge is 2.43. The Bertz CT molecular complexity index is 1300. The molecule has 0 aliphatic carbocycles. The lowest BCUT2D eigenvalue weighted by atomic mass is 9.89. The first kappa shape index (κ1) is 25.5. The second-order valence-electron chi connectivity index (χ2n) is 9.87. The van der Waals surface area contributed by atoms with E-state index in [1.54, 1.807) is 42.5 Å². The molecule has 3 aromatic rings. The SMILES string of the molecule is O=C(COC(=O)c1ccc(N2C(=O)CC(N3CCC(Cc4ccccc4)CC3)C2=O)cc1)c1ccccc1. The third-order valence-corrected chi connectivity index (χ3v) is 7.37. The fourth-order valence-corrected chi connectivity index (χ4v) is 5.26. The number of ether oxygens (including phenoxy) is 1. The maximum atomic E-state index is 13.3. The highest BCUT2D eigenvalue weighted by Crippen LogP contribution is 2.30. The number of imide groups is 1. The number of esters is 1. The van der Waals surface area contributed by atoms with Crippen molar-refractivity contribution in [2.24, 2.45) is 5.92 Å². The van der Waals surface area contributed by atoms with Gasteiger partial charge in [-0.1, -0.05) is 60.7 Å². The molecule has 1 atom stereocenters. The number of ketones is 1. The molecular weight excluding hydrogens is 480 g/mol. The summed E-state index contributed by atoms with van der Waals surface area (Å²) in [7, 11) is 0. The zero-order chi connectivity index (χ0) is 26.5. The summed E-state index contributed by atoms with van der Waals surface area (Å²) in [5.74, 6) is -0.821. The van der Waals surface area contributed by atoms with Crippen molar-refractivity contribution in [3.63, 3.8) is 0 Å². The van der Waals surface area contributed by atoms with E-state index < -0.39 is 12.0 Å². The van der Waals surface area contributed by atoms with Crippen LogP contribution in [0.4, 0.5) is 5.69 Å². The lowest BCUT2D eigenvalue weighted by Crippen LogP contribution is -2.46. The van der Waals surface area contributed by atoms with Gasteiger partial charge in [0.25, 0.3) is 5.91 Å². The predicted molar refractivity (Wildman–Crippen MR) is 143 cm³/mol. The van der Waals surface area contributed by atoms with Gasteiger partial charge in [0.1, 0.15) is 0 Å². The predicted octanol–water partition coefficient (Wildman–Crippen LogP) is 4.31. The molecule has 194 valence electrons. The number of likely N-dealkylation sites (tertiary alicyclic amines) is 1. The highest BCUT2D eigenvalue weighted by atomic mass is 16.5. The standard InChI is InChI=1S/C31H30N2O5/c34-28(24-9-5-2-6-10-24)21-38-31(37)25-11-13-26(14-12-25)33-29(35)20-27(30(33)36)32-17-15-23(16-18-32)19-22-7-3-1-4-8-22/h1-14,23,27H,15-21H2. The van der Waals surface area contributed by atoms with E-state index in [-0.39, 0.29) is 36.2 Å². The van der Waals surface area contributed by atoms with Crippen molar-refractivity contribution in [2.75, 3.05) is 24.6 Å². The molecule has 2 aliphatic heterocycles. The van der Waals surface area contributed by atoms with Gasteiger partial charge in [0.05, 0.1) is 23.7 Å². The highest BCUT2D eigenvalue weighted by molar-refractivity contribution is 6.22. The molecule has 7 heteroatoms. The molecule has 0 saturated carbocycles. The summed E-state index contributed by atoms with van der Waals surface area (Å²) in [6, 6.07) is 24.8. The van der Waals surface area contributed by atoms with Crippen LogP contribution >= 0.6 is 0 Å². The molecule has 5 rings (SSSR count). The lowest BCUT2D eigenvalue weighted by molar-refractivity contribution is -0.123. The Labute approximate surface area is 222 Å². The molecule has 0 aromatic heterocycles. The van der Waals surface area contributed by atoms with Crippen LogP contribution in [0.2, 0.25) is 0 Å². The van der Waals surface area contributed by atoms with Crippen LogP contribution in [0.3, 0.4) is 0 Å². The molecule has 0 spiro atoms. The van der Waals surface area contributed by atoms with Crippen LogP contribution in [-0.2, 0) is 20.7 Å². The Morgan fingerprint density at radius 1 is 0.789 bits per heavy atom. The fraction of sp³-hybridized carbons (Fsp3) is 0.290. The van der Waals surface area contributed by atoms with E-state index in [4.69, 9.17) is 4.74 Å². The van der Waals surface area contributed by atoms with Gasteiger partial charge in [-0.3, -0.25) is 19.3 Å². The van der Waals surface area contributed by atoms with E-state index >= 15 is 0 Å². The van der Waals surface area contributed by atoms with Gasteiger partial charge in [0, 0.05) is 5.56 Å². The molecule has 7 nitrogen and oxygen atoms in total. The van der Waals surface area contributed by atoms with Gasteiger partial charge in [0.2, 0.25) is 5.91 Å². The van der Waals surface area contributed by atoms with Crippen molar-refractivity contribution in [1.29, 1.82) is 0 Å². The molecule has 3 aromatic carbocycles. The Balaban J connectivity index is 1.15. The smallest absolute Gasteiger partial charge is 0.338 e. The van der Waals surface area contributed by atoms with Crippen molar-refractivity contribution >= 4 is 29.3 Å². The molecule has 2 aliphatic rings. The number of benzene rings is 3. The topological polar surface area (TPSA) is 84.0 Å². The van der Waals surface area contributed by atoms with E-state index in [0.29, 0.717) is 17.2 Å². The third kappa shape index (κ3) is 5.73. The molecule has 0 bridgehead atoms. The van der Waals surface area contributed by atoms with Crippen molar-refractivity contribution < 1.29 is 23.9 Å². The molecule has 0 N–H and O–H groups in total. The summed E-state index contributed by atoms with van der Waals surface area (Å²) in [6.07, 6.45) is 3.19. The van der Waals surface area contributed by atoms with Gasteiger partial charge < -0.3 is 4.74 Å². The van der Waals surface area contributed by atoms with Crippen molar-refractivity contribution in [2.45, 2.75) is 31.7 Å². The summed E-state index contributed by atoms with van der Waals surface area (Å²) in [6.45, 7) is 1.22. The number of anilines is 1.